The number of nitrogens with zero attached hydrogens (tertiary/aromatic N) is 1. The van der Waals surface area contributed by atoms with Crippen molar-refractivity contribution in [2.24, 2.45) is 0 Å². The highest BCUT2D eigenvalue weighted by Crippen LogP contribution is 2.19. The van der Waals surface area contributed by atoms with Gasteiger partial charge in [0, 0.05) is 18.8 Å². The van der Waals surface area contributed by atoms with Crippen LogP contribution in [0, 0.1) is 6.92 Å². The highest BCUT2D eigenvalue weighted by Gasteiger charge is 2.25. The molecule has 0 N–H and O–H groups in total. The van der Waals surface area contributed by atoms with Crippen LogP contribution in [0.2, 0.25) is 0 Å². The lowest BCUT2D eigenvalue weighted by molar-refractivity contribution is 0.319. The summed E-state index contributed by atoms with van der Waals surface area (Å²) in [6.07, 6.45) is 4.09. The molecule has 1 aromatic heterocycles. The van der Waals surface area contributed by atoms with Crippen molar-refractivity contribution in [1.29, 1.82) is 0 Å². The second kappa shape index (κ2) is 5.99. The smallest absolute Gasteiger partial charge is 0.493 e. The molecular weight excluding hydrogens is 266 g/mol. The van der Waals surface area contributed by atoms with Crippen molar-refractivity contribution >= 4 is 12.4 Å². The van der Waals surface area contributed by atoms with E-state index < -0.39 is 12.4 Å². The molecule has 0 unspecified atom stereocenters. The molecule has 2 nitrogen and oxygen atoms in total. The maximum absolute atomic E-state index is 12.6. The SMILES string of the molecule is Cc1cc([B-](F)(F)F)ccc1OCCc1cccnc1. The van der Waals surface area contributed by atoms with Crippen molar-refractivity contribution in [2.45, 2.75) is 13.3 Å². The highest BCUT2D eigenvalue weighted by molar-refractivity contribution is 6.73. The molecule has 1 aromatic carbocycles. The molecular formula is C14H14BF3NO-. The number of halogens is 3. The Morgan fingerprint density at radius 2 is 2.00 bits per heavy atom. The molecule has 20 heavy (non-hydrogen) atoms. The average molecular weight is 280 g/mol. The fourth-order valence-corrected chi connectivity index (χ4v) is 1.86. The lowest BCUT2D eigenvalue weighted by Gasteiger charge is -2.17. The maximum Gasteiger partial charge on any atom is 0.509 e. The minimum atomic E-state index is -4.96. The fourth-order valence-electron chi connectivity index (χ4n) is 1.86. The van der Waals surface area contributed by atoms with Crippen LogP contribution in [0.1, 0.15) is 11.1 Å². The number of benzene rings is 1. The zero-order valence-corrected chi connectivity index (χ0v) is 11.0. The fraction of sp³-hybridized carbons (Fsp3) is 0.214. The number of hydrogen-bond donors (Lipinski definition) is 0. The third-order valence-corrected chi connectivity index (χ3v) is 2.95. The van der Waals surface area contributed by atoms with E-state index in [0.717, 1.165) is 17.7 Å². The van der Waals surface area contributed by atoms with Gasteiger partial charge in [0.1, 0.15) is 5.75 Å². The third-order valence-electron chi connectivity index (χ3n) is 2.95. The summed E-state index contributed by atoms with van der Waals surface area (Å²) in [6, 6.07) is 7.33. The van der Waals surface area contributed by atoms with Crippen molar-refractivity contribution in [1.82, 2.24) is 4.98 Å². The largest absolute Gasteiger partial charge is 0.509 e. The minimum absolute atomic E-state index is 0.406. The van der Waals surface area contributed by atoms with Gasteiger partial charge in [-0.3, -0.25) is 4.98 Å². The third kappa shape index (κ3) is 3.76. The van der Waals surface area contributed by atoms with Crippen molar-refractivity contribution in [3.63, 3.8) is 0 Å². The molecule has 0 fully saturated rings. The van der Waals surface area contributed by atoms with Crippen LogP contribution in [0.5, 0.6) is 5.75 Å². The molecule has 0 aliphatic rings. The monoisotopic (exact) mass is 280 g/mol. The van der Waals surface area contributed by atoms with Gasteiger partial charge in [-0.25, -0.2) is 0 Å². The summed E-state index contributed by atoms with van der Waals surface area (Å²) < 4.78 is 43.3. The summed E-state index contributed by atoms with van der Waals surface area (Å²) in [5.41, 5.74) is 0.926. The molecule has 106 valence electrons. The van der Waals surface area contributed by atoms with E-state index >= 15 is 0 Å². The molecule has 0 atom stereocenters. The van der Waals surface area contributed by atoms with Crippen LogP contribution in [0.15, 0.2) is 42.7 Å². The van der Waals surface area contributed by atoms with Gasteiger partial charge in [-0.15, -0.1) is 5.46 Å². The Balaban J connectivity index is 1.97. The first kappa shape index (κ1) is 14.4. The first-order valence-corrected chi connectivity index (χ1v) is 6.29. The first-order chi connectivity index (χ1) is 9.47. The Morgan fingerprint density at radius 3 is 2.60 bits per heavy atom. The van der Waals surface area contributed by atoms with Crippen LogP contribution in [-0.4, -0.2) is 18.6 Å². The molecule has 0 saturated heterocycles. The van der Waals surface area contributed by atoms with Gasteiger partial charge in [0.05, 0.1) is 6.61 Å². The zero-order valence-electron chi connectivity index (χ0n) is 11.0. The molecule has 6 heteroatoms. The van der Waals surface area contributed by atoms with Gasteiger partial charge in [0.25, 0.3) is 0 Å². The molecule has 0 radical (unpaired) electrons. The van der Waals surface area contributed by atoms with Crippen molar-refractivity contribution in [2.75, 3.05) is 6.61 Å². The number of rotatable bonds is 5. The summed E-state index contributed by atoms with van der Waals surface area (Å²) in [7, 11) is 0. The number of aryl methyl sites for hydroxylation is 1. The van der Waals surface area contributed by atoms with Gasteiger partial charge >= 0.3 is 6.98 Å². The van der Waals surface area contributed by atoms with Crippen LogP contribution in [-0.2, 0) is 6.42 Å². The second-order valence-electron chi connectivity index (χ2n) is 4.56. The van der Waals surface area contributed by atoms with E-state index in [4.69, 9.17) is 4.74 Å². The first-order valence-electron chi connectivity index (χ1n) is 6.29. The highest BCUT2D eigenvalue weighted by atomic mass is 19.4. The Kier molecular flexibility index (Phi) is 4.32. The molecule has 1 heterocycles. The molecule has 2 aromatic rings. The quantitative estimate of drug-likeness (QED) is 0.785. The normalized spacial score (nSPS) is 11.4. The maximum atomic E-state index is 12.6. The van der Waals surface area contributed by atoms with Crippen LogP contribution < -0.4 is 10.2 Å². The number of ether oxygens (including phenoxy) is 1. The van der Waals surface area contributed by atoms with Crippen LogP contribution in [0.3, 0.4) is 0 Å². The van der Waals surface area contributed by atoms with Gasteiger partial charge < -0.3 is 17.7 Å². The molecule has 0 saturated carbocycles. The van der Waals surface area contributed by atoms with Gasteiger partial charge in [-0.05, 0) is 30.2 Å². The lowest BCUT2D eigenvalue weighted by atomic mass is 9.79. The molecule has 2 rings (SSSR count). The van der Waals surface area contributed by atoms with Crippen LogP contribution >= 0.6 is 0 Å². The summed E-state index contributed by atoms with van der Waals surface area (Å²) in [5, 5.41) is 0. The van der Waals surface area contributed by atoms with Gasteiger partial charge in [-0.2, -0.15) is 0 Å². The van der Waals surface area contributed by atoms with Crippen LogP contribution in [0.25, 0.3) is 0 Å². The van der Waals surface area contributed by atoms with Gasteiger partial charge in [-0.1, -0.05) is 18.2 Å². The molecule has 0 aliphatic heterocycles. The van der Waals surface area contributed by atoms with E-state index in [1.54, 1.807) is 19.3 Å². The topological polar surface area (TPSA) is 22.1 Å². The number of pyridine rings is 1. The lowest BCUT2D eigenvalue weighted by Crippen LogP contribution is -2.34. The van der Waals surface area contributed by atoms with Gasteiger partial charge in [0.15, 0.2) is 0 Å². The number of hydrogen-bond acceptors (Lipinski definition) is 2. The minimum Gasteiger partial charge on any atom is -0.493 e. The second-order valence-corrected chi connectivity index (χ2v) is 4.56. The van der Waals surface area contributed by atoms with Crippen molar-refractivity contribution < 1.29 is 17.7 Å². The van der Waals surface area contributed by atoms with E-state index in [2.05, 4.69) is 4.98 Å². The summed E-state index contributed by atoms with van der Waals surface area (Å²) >= 11 is 0. The summed E-state index contributed by atoms with van der Waals surface area (Å²) in [6.45, 7) is -2.94. The zero-order chi connectivity index (χ0) is 14.6. The van der Waals surface area contributed by atoms with Crippen molar-refractivity contribution in [3.05, 3.63) is 53.9 Å². The van der Waals surface area contributed by atoms with E-state index in [-0.39, 0.29) is 0 Å². The van der Waals surface area contributed by atoms with Crippen molar-refractivity contribution in [3.8, 4) is 5.75 Å². The molecule has 0 bridgehead atoms. The Morgan fingerprint density at radius 1 is 1.20 bits per heavy atom. The van der Waals surface area contributed by atoms with E-state index in [1.807, 2.05) is 12.1 Å². The molecule has 0 amide bonds. The van der Waals surface area contributed by atoms with E-state index in [0.29, 0.717) is 24.3 Å². The predicted octanol–water partition coefficient (Wildman–Crippen LogP) is 3.07. The average Bonchev–Trinajstić information content (AvgIpc) is 2.40. The van der Waals surface area contributed by atoms with E-state index in [9.17, 15) is 12.9 Å². The Bertz CT molecular complexity index is 572. The number of aromatic nitrogens is 1. The molecule has 0 aliphatic carbocycles. The predicted molar refractivity (Wildman–Crippen MR) is 73.3 cm³/mol. The van der Waals surface area contributed by atoms with Crippen LogP contribution in [0.4, 0.5) is 12.9 Å². The van der Waals surface area contributed by atoms with Gasteiger partial charge in [0.2, 0.25) is 0 Å². The standard InChI is InChI=1S/C14H14BF3NO/c1-11-9-13(15(16,17)18)4-5-14(11)20-8-6-12-3-2-7-19-10-12/h2-5,7,9-10H,6,8H2,1H3/q-1. The summed E-state index contributed by atoms with van der Waals surface area (Å²) in [5.74, 6) is 0.484. The van der Waals surface area contributed by atoms with E-state index in [1.165, 1.54) is 6.07 Å². The Hall–Kier alpha value is -1.98. The summed E-state index contributed by atoms with van der Waals surface area (Å²) in [4.78, 5) is 3.99. The molecule has 0 spiro atoms. The Labute approximate surface area is 115 Å².